The number of rotatable bonds is 1. The molecule has 0 amide bonds. The van der Waals surface area contributed by atoms with Crippen LogP contribution >= 0.6 is 0 Å². The molecule has 0 aliphatic heterocycles. The molecule has 1 heteroatoms. The molecular formula is C14H15N. The SMILES string of the molecule is C=C(C)c1cc2ccc(C)cc2nc1C. The molecule has 1 aromatic heterocycles. The fourth-order valence-corrected chi connectivity index (χ4v) is 1.81. The number of hydrogen-bond donors (Lipinski definition) is 0. The topological polar surface area (TPSA) is 12.9 Å². The van der Waals surface area contributed by atoms with Crippen LogP contribution in [0.5, 0.6) is 0 Å². The van der Waals surface area contributed by atoms with Crippen molar-refractivity contribution in [3.63, 3.8) is 0 Å². The van der Waals surface area contributed by atoms with Crippen molar-refractivity contribution in [3.8, 4) is 0 Å². The molecule has 0 radical (unpaired) electrons. The predicted octanol–water partition coefficient (Wildman–Crippen LogP) is 3.88. The Kier molecular flexibility index (Phi) is 2.31. The van der Waals surface area contributed by atoms with Gasteiger partial charge in [-0.25, -0.2) is 0 Å². The summed E-state index contributed by atoms with van der Waals surface area (Å²) in [6.07, 6.45) is 0. The van der Waals surface area contributed by atoms with Gasteiger partial charge in [0.2, 0.25) is 0 Å². The lowest BCUT2D eigenvalue weighted by Gasteiger charge is -2.07. The number of allylic oxidation sites excluding steroid dienone is 1. The number of fused-ring (bicyclic) bond motifs is 1. The van der Waals surface area contributed by atoms with Gasteiger partial charge in [-0.1, -0.05) is 18.7 Å². The molecule has 0 spiro atoms. The van der Waals surface area contributed by atoms with Crippen LogP contribution in [-0.4, -0.2) is 4.98 Å². The average Bonchev–Trinajstić information content (AvgIpc) is 2.15. The van der Waals surface area contributed by atoms with Gasteiger partial charge in [0.05, 0.1) is 5.52 Å². The van der Waals surface area contributed by atoms with E-state index in [1.807, 2.05) is 13.8 Å². The zero-order valence-electron chi connectivity index (χ0n) is 9.46. The van der Waals surface area contributed by atoms with Crippen molar-refractivity contribution in [2.75, 3.05) is 0 Å². The highest BCUT2D eigenvalue weighted by atomic mass is 14.7. The van der Waals surface area contributed by atoms with E-state index in [0.717, 1.165) is 22.3 Å². The van der Waals surface area contributed by atoms with Gasteiger partial charge in [-0.05, 0) is 49.6 Å². The van der Waals surface area contributed by atoms with Crippen LogP contribution in [0.3, 0.4) is 0 Å². The van der Waals surface area contributed by atoms with E-state index in [4.69, 9.17) is 0 Å². The van der Waals surface area contributed by atoms with Crippen molar-refractivity contribution in [1.29, 1.82) is 0 Å². The van der Waals surface area contributed by atoms with E-state index in [0.29, 0.717) is 0 Å². The highest BCUT2D eigenvalue weighted by molar-refractivity contribution is 5.83. The lowest BCUT2D eigenvalue weighted by Crippen LogP contribution is -1.91. The van der Waals surface area contributed by atoms with Gasteiger partial charge < -0.3 is 0 Å². The second-order valence-corrected chi connectivity index (χ2v) is 4.10. The molecule has 0 unspecified atom stereocenters. The molecule has 0 aliphatic rings. The van der Waals surface area contributed by atoms with Crippen LogP contribution in [0.15, 0.2) is 30.8 Å². The van der Waals surface area contributed by atoms with Crippen LogP contribution in [0.2, 0.25) is 0 Å². The van der Waals surface area contributed by atoms with E-state index in [-0.39, 0.29) is 0 Å². The molecule has 0 bridgehead atoms. The van der Waals surface area contributed by atoms with E-state index in [1.54, 1.807) is 0 Å². The van der Waals surface area contributed by atoms with Crippen molar-refractivity contribution in [1.82, 2.24) is 4.98 Å². The largest absolute Gasteiger partial charge is 0.252 e. The van der Waals surface area contributed by atoms with Crippen LogP contribution in [0.4, 0.5) is 0 Å². The minimum Gasteiger partial charge on any atom is -0.252 e. The fourth-order valence-electron chi connectivity index (χ4n) is 1.81. The van der Waals surface area contributed by atoms with Crippen molar-refractivity contribution in [2.45, 2.75) is 20.8 Å². The molecule has 76 valence electrons. The summed E-state index contributed by atoms with van der Waals surface area (Å²) in [5.74, 6) is 0. The van der Waals surface area contributed by atoms with Gasteiger partial charge in [-0.2, -0.15) is 0 Å². The van der Waals surface area contributed by atoms with Crippen LogP contribution in [0, 0.1) is 13.8 Å². The number of benzene rings is 1. The molecule has 1 aromatic carbocycles. The molecule has 0 fully saturated rings. The molecule has 0 atom stereocenters. The summed E-state index contributed by atoms with van der Waals surface area (Å²) >= 11 is 0. The summed E-state index contributed by atoms with van der Waals surface area (Å²) < 4.78 is 0. The van der Waals surface area contributed by atoms with E-state index < -0.39 is 0 Å². The number of nitrogens with zero attached hydrogens (tertiary/aromatic N) is 1. The molecular weight excluding hydrogens is 182 g/mol. The number of aromatic nitrogens is 1. The van der Waals surface area contributed by atoms with Crippen molar-refractivity contribution in [2.24, 2.45) is 0 Å². The maximum Gasteiger partial charge on any atom is 0.0708 e. The molecule has 1 heterocycles. The van der Waals surface area contributed by atoms with Gasteiger partial charge >= 0.3 is 0 Å². The Labute approximate surface area is 90.5 Å². The standard InChI is InChI=1S/C14H15N/c1-9(2)13-8-12-6-5-10(3)7-14(12)15-11(13)4/h5-8H,1H2,2-4H3. The maximum absolute atomic E-state index is 4.60. The summed E-state index contributed by atoms with van der Waals surface area (Å²) in [6, 6.07) is 8.51. The quantitative estimate of drug-likeness (QED) is 0.676. The summed E-state index contributed by atoms with van der Waals surface area (Å²) in [7, 11) is 0. The number of aryl methyl sites for hydroxylation is 2. The Bertz CT molecular complexity index is 538. The Morgan fingerprint density at radius 1 is 1.20 bits per heavy atom. The van der Waals surface area contributed by atoms with Crippen LogP contribution in [-0.2, 0) is 0 Å². The third kappa shape index (κ3) is 1.78. The highest BCUT2D eigenvalue weighted by Crippen LogP contribution is 2.21. The van der Waals surface area contributed by atoms with E-state index in [1.165, 1.54) is 10.9 Å². The highest BCUT2D eigenvalue weighted by Gasteiger charge is 2.03. The third-order valence-corrected chi connectivity index (χ3v) is 2.62. The van der Waals surface area contributed by atoms with E-state index >= 15 is 0 Å². The first-order valence-corrected chi connectivity index (χ1v) is 5.12. The van der Waals surface area contributed by atoms with Crippen LogP contribution in [0.25, 0.3) is 16.5 Å². The van der Waals surface area contributed by atoms with Gasteiger partial charge in [0.15, 0.2) is 0 Å². The number of hydrogen-bond acceptors (Lipinski definition) is 1. The molecule has 2 aromatic rings. The summed E-state index contributed by atoms with van der Waals surface area (Å²) in [6.45, 7) is 10.1. The Balaban J connectivity index is 2.76. The molecule has 0 saturated carbocycles. The van der Waals surface area contributed by atoms with Gasteiger partial charge in [0, 0.05) is 11.1 Å². The molecule has 1 nitrogen and oxygen atoms in total. The summed E-state index contributed by atoms with van der Waals surface area (Å²) in [4.78, 5) is 4.60. The fraction of sp³-hybridized carbons (Fsp3) is 0.214. The lowest BCUT2D eigenvalue weighted by atomic mass is 10.0. The second kappa shape index (κ2) is 3.50. The van der Waals surface area contributed by atoms with Crippen molar-refractivity contribution < 1.29 is 0 Å². The van der Waals surface area contributed by atoms with Crippen molar-refractivity contribution in [3.05, 3.63) is 47.7 Å². The molecule has 15 heavy (non-hydrogen) atoms. The second-order valence-electron chi connectivity index (χ2n) is 4.10. The summed E-state index contributed by atoms with van der Waals surface area (Å²) in [5.41, 5.74) is 5.60. The normalized spacial score (nSPS) is 10.6. The Morgan fingerprint density at radius 3 is 2.60 bits per heavy atom. The average molecular weight is 197 g/mol. The smallest absolute Gasteiger partial charge is 0.0708 e. The van der Waals surface area contributed by atoms with Gasteiger partial charge in [0.25, 0.3) is 0 Å². The molecule has 0 aliphatic carbocycles. The molecule has 0 saturated heterocycles. The maximum atomic E-state index is 4.60. The van der Waals surface area contributed by atoms with Crippen LogP contribution in [0.1, 0.15) is 23.7 Å². The van der Waals surface area contributed by atoms with Gasteiger partial charge in [0.1, 0.15) is 0 Å². The lowest BCUT2D eigenvalue weighted by molar-refractivity contribution is 1.23. The zero-order valence-corrected chi connectivity index (χ0v) is 9.46. The first kappa shape index (κ1) is 9.91. The zero-order chi connectivity index (χ0) is 11.0. The van der Waals surface area contributed by atoms with Gasteiger partial charge in [-0.3, -0.25) is 4.98 Å². The molecule has 0 N–H and O–H groups in total. The monoisotopic (exact) mass is 197 g/mol. The van der Waals surface area contributed by atoms with E-state index in [2.05, 4.69) is 42.8 Å². The Morgan fingerprint density at radius 2 is 1.93 bits per heavy atom. The van der Waals surface area contributed by atoms with E-state index in [9.17, 15) is 0 Å². The van der Waals surface area contributed by atoms with Gasteiger partial charge in [-0.15, -0.1) is 0 Å². The first-order chi connectivity index (χ1) is 7.08. The van der Waals surface area contributed by atoms with Crippen molar-refractivity contribution >= 4 is 16.5 Å². The molecule has 2 rings (SSSR count). The predicted molar refractivity (Wildman–Crippen MR) is 65.9 cm³/mol. The first-order valence-electron chi connectivity index (χ1n) is 5.12. The minimum atomic E-state index is 1.06. The summed E-state index contributed by atoms with van der Waals surface area (Å²) in [5, 5.41) is 1.18. The third-order valence-electron chi connectivity index (χ3n) is 2.62. The minimum absolute atomic E-state index is 1.06. The Hall–Kier alpha value is -1.63. The number of pyridine rings is 1. The van der Waals surface area contributed by atoms with Crippen LogP contribution < -0.4 is 0 Å².